The Labute approximate surface area is 169 Å². The summed E-state index contributed by atoms with van der Waals surface area (Å²) in [5, 5.41) is 2.70. The molecule has 0 aliphatic carbocycles. The lowest BCUT2D eigenvalue weighted by molar-refractivity contribution is 0.0953. The van der Waals surface area contributed by atoms with Gasteiger partial charge in [-0.3, -0.25) is 9.52 Å². The third kappa shape index (κ3) is 5.11. The van der Waals surface area contributed by atoms with E-state index in [1.54, 1.807) is 54.6 Å². The van der Waals surface area contributed by atoms with E-state index in [9.17, 15) is 13.2 Å². The highest BCUT2D eigenvalue weighted by molar-refractivity contribution is 7.92. The van der Waals surface area contributed by atoms with Crippen LogP contribution >= 0.6 is 0 Å². The van der Waals surface area contributed by atoms with Crippen LogP contribution in [0.3, 0.4) is 0 Å². The van der Waals surface area contributed by atoms with E-state index in [0.29, 0.717) is 23.5 Å². The molecule has 3 rings (SSSR count). The zero-order valence-electron chi connectivity index (χ0n) is 16.0. The quantitative estimate of drug-likeness (QED) is 0.617. The largest absolute Gasteiger partial charge is 0.438 e. The number of amides is 1. The molecule has 0 saturated heterocycles. The van der Waals surface area contributed by atoms with Gasteiger partial charge in [-0.15, -0.1) is 0 Å². The molecule has 3 aromatic rings. The Bertz CT molecular complexity index is 1110. The van der Waals surface area contributed by atoms with E-state index >= 15 is 0 Å². The molecule has 0 spiro atoms. The average molecular weight is 411 g/mol. The van der Waals surface area contributed by atoms with Crippen molar-refractivity contribution in [2.45, 2.75) is 18.7 Å². The minimum absolute atomic E-state index is 0.136. The first-order valence-corrected chi connectivity index (χ1v) is 10.5. The molecular formula is C21H21N3O4S. The fourth-order valence-corrected chi connectivity index (χ4v) is 3.62. The van der Waals surface area contributed by atoms with Crippen LogP contribution in [0, 0.1) is 6.92 Å². The van der Waals surface area contributed by atoms with Gasteiger partial charge in [0.1, 0.15) is 11.3 Å². The first-order chi connectivity index (χ1) is 13.9. The maximum atomic E-state index is 12.6. The number of benzene rings is 2. The van der Waals surface area contributed by atoms with Crippen LogP contribution in [-0.4, -0.2) is 25.9 Å². The SMILES string of the molecule is CCNC(=O)c1cccnc1Oc1cccc(NS(=O)(=O)c2ccc(C)cc2)c1. The number of sulfonamides is 1. The molecular weight excluding hydrogens is 390 g/mol. The number of rotatable bonds is 7. The zero-order valence-corrected chi connectivity index (χ0v) is 16.9. The number of nitrogens with zero attached hydrogens (tertiary/aromatic N) is 1. The van der Waals surface area contributed by atoms with Gasteiger partial charge in [-0.05, 0) is 50.2 Å². The van der Waals surface area contributed by atoms with Crippen LogP contribution in [0.1, 0.15) is 22.8 Å². The number of pyridine rings is 1. The molecule has 0 aliphatic rings. The van der Waals surface area contributed by atoms with Crippen molar-refractivity contribution in [2.24, 2.45) is 0 Å². The fraction of sp³-hybridized carbons (Fsp3) is 0.143. The molecule has 1 aromatic heterocycles. The Morgan fingerprint density at radius 1 is 1.07 bits per heavy atom. The Balaban J connectivity index is 1.82. The van der Waals surface area contributed by atoms with Crippen LogP contribution in [0.4, 0.5) is 5.69 Å². The minimum atomic E-state index is -3.73. The summed E-state index contributed by atoms with van der Waals surface area (Å²) >= 11 is 0. The highest BCUT2D eigenvalue weighted by Crippen LogP contribution is 2.26. The maximum absolute atomic E-state index is 12.6. The zero-order chi connectivity index (χ0) is 20.9. The molecule has 7 nitrogen and oxygen atoms in total. The normalized spacial score (nSPS) is 11.0. The van der Waals surface area contributed by atoms with Crippen molar-refractivity contribution in [3.05, 3.63) is 78.0 Å². The van der Waals surface area contributed by atoms with Gasteiger partial charge in [-0.25, -0.2) is 13.4 Å². The van der Waals surface area contributed by atoms with Gasteiger partial charge in [0.05, 0.1) is 10.6 Å². The van der Waals surface area contributed by atoms with Gasteiger partial charge >= 0.3 is 0 Å². The molecule has 0 saturated carbocycles. The molecule has 29 heavy (non-hydrogen) atoms. The van der Waals surface area contributed by atoms with Gasteiger partial charge in [0.15, 0.2) is 0 Å². The molecule has 0 atom stereocenters. The molecule has 150 valence electrons. The lowest BCUT2D eigenvalue weighted by Crippen LogP contribution is -2.23. The topological polar surface area (TPSA) is 97.4 Å². The molecule has 2 N–H and O–H groups in total. The van der Waals surface area contributed by atoms with Crippen LogP contribution in [0.5, 0.6) is 11.6 Å². The summed E-state index contributed by atoms with van der Waals surface area (Å²) in [5.74, 6) is 0.183. The maximum Gasteiger partial charge on any atom is 0.261 e. The molecule has 2 aromatic carbocycles. The highest BCUT2D eigenvalue weighted by Gasteiger charge is 2.16. The monoisotopic (exact) mass is 411 g/mol. The average Bonchev–Trinajstić information content (AvgIpc) is 2.69. The van der Waals surface area contributed by atoms with Gasteiger partial charge < -0.3 is 10.1 Å². The third-order valence-corrected chi connectivity index (χ3v) is 5.38. The minimum Gasteiger partial charge on any atom is -0.438 e. The summed E-state index contributed by atoms with van der Waals surface area (Å²) in [4.78, 5) is 16.4. The number of nitrogens with one attached hydrogen (secondary N) is 2. The second-order valence-corrected chi connectivity index (χ2v) is 7.95. The second-order valence-electron chi connectivity index (χ2n) is 6.26. The van der Waals surface area contributed by atoms with Crippen molar-refractivity contribution in [1.29, 1.82) is 0 Å². The second kappa shape index (κ2) is 8.74. The number of carbonyl (C=O) groups is 1. The van der Waals surface area contributed by atoms with E-state index in [-0.39, 0.29) is 16.7 Å². The summed E-state index contributed by atoms with van der Waals surface area (Å²) in [6.07, 6.45) is 1.52. The number of carbonyl (C=O) groups excluding carboxylic acids is 1. The molecule has 0 unspecified atom stereocenters. The van der Waals surface area contributed by atoms with Gasteiger partial charge in [-0.1, -0.05) is 23.8 Å². The Hall–Kier alpha value is -3.39. The van der Waals surface area contributed by atoms with E-state index in [4.69, 9.17) is 4.74 Å². The van der Waals surface area contributed by atoms with E-state index in [1.807, 2.05) is 13.8 Å². The van der Waals surface area contributed by atoms with Crippen LogP contribution < -0.4 is 14.8 Å². The summed E-state index contributed by atoms with van der Waals surface area (Å²) in [6.45, 7) is 4.18. The summed E-state index contributed by atoms with van der Waals surface area (Å²) in [7, 11) is -3.73. The van der Waals surface area contributed by atoms with E-state index in [1.165, 1.54) is 12.3 Å². The summed E-state index contributed by atoms with van der Waals surface area (Å²) < 4.78 is 33.4. The van der Waals surface area contributed by atoms with Crippen molar-refractivity contribution < 1.29 is 17.9 Å². The number of aryl methyl sites for hydroxylation is 1. The van der Waals surface area contributed by atoms with Gasteiger partial charge in [0.2, 0.25) is 5.88 Å². The summed E-state index contributed by atoms with van der Waals surface area (Å²) in [6, 6.07) is 16.3. The molecule has 0 fully saturated rings. The van der Waals surface area contributed by atoms with Gasteiger partial charge in [-0.2, -0.15) is 0 Å². The molecule has 1 heterocycles. The summed E-state index contributed by atoms with van der Waals surface area (Å²) in [5.41, 5.74) is 1.59. The lowest BCUT2D eigenvalue weighted by atomic mass is 10.2. The van der Waals surface area contributed by atoms with Crippen LogP contribution in [-0.2, 0) is 10.0 Å². The lowest BCUT2D eigenvalue weighted by Gasteiger charge is -2.12. The van der Waals surface area contributed by atoms with Crippen molar-refractivity contribution in [2.75, 3.05) is 11.3 Å². The van der Waals surface area contributed by atoms with Crippen molar-refractivity contribution in [3.63, 3.8) is 0 Å². The first-order valence-electron chi connectivity index (χ1n) is 8.99. The standard InChI is InChI=1S/C21H21N3O4S/c1-3-22-20(25)19-8-5-13-23-21(19)28-17-7-4-6-16(14-17)24-29(26,27)18-11-9-15(2)10-12-18/h4-14,24H,3H2,1-2H3,(H,22,25). The molecule has 1 amide bonds. The van der Waals surface area contributed by atoms with E-state index in [0.717, 1.165) is 5.56 Å². The smallest absolute Gasteiger partial charge is 0.261 e. The predicted molar refractivity (Wildman–Crippen MR) is 111 cm³/mol. The fourth-order valence-electron chi connectivity index (χ4n) is 2.57. The van der Waals surface area contributed by atoms with E-state index in [2.05, 4.69) is 15.0 Å². The number of ether oxygens (including phenoxy) is 1. The number of hydrogen-bond donors (Lipinski definition) is 2. The Kier molecular flexibility index (Phi) is 6.13. The highest BCUT2D eigenvalue weighted by atomic mass is 32.2. The number of aromatic nitrogens is 1. The van der Waals surface area contributed by atoms with Crippen molar-refractivity contribution >= 4 is 21.6 Å². The first kappa shape index (κ1) is 20.3. The molecule has 0 aliphatic heterocycles. The predicted octanol–water partition coefficient (Wildman–Crippen LogP) is 3.73. The van der Waals surface area contributed by atoms with Crippen LogP contribution in [0.25, 0.3) is 0 Å². The van der Waals surface area contributed by atoms with E-state index < -0.39 is 10.0 Å². The third-order valence-electron chi connectivity index (χ3n) is 3.99. The van der Waals surface area contributed by atoms with Gasteiger partial charge in [0.25, 0.3) is 15.9 Å². The van der Waals surface area contributed by atoms with Gasteiger partial charge in [0, 0.05) is 18.8 Å². The van der Waals surface area contributed by atoms with Crippen LogP contribution in [0.15, 0.2) is 71.8 Å². The van der Waals surface area contributed by atoms with Crippen LogP contribution in [0.2, 0.25) is 0 Å². The number of anilines is 1. The van der Waals surface area contributed by atoms with Crippen molar-refractivity contribution in [1.82, 2.24) is 10.3 Å². The molecule has 0 radical (unpaired) electrons. The Morgan fingerprint density at radius 2 is 1.83 bits per heavy atom. The molecule has 8 heteroatoms. The Morgan fingerprint density at radius 3 is 2.55 bits per heavy atom. The van der Waals surface area contributed by atoms with Crippen molar-refractivity contribution in [3.8, 4) is 11.6 Å². The molecule has 0 bridgehead atoms. The number of hydrogen-bond acceptors (Lipinski definition) is 5.